The van der Waals surface area contributed by atoms with Crippen molar-refractivity contribution in [3.8, 4) is 5.75 Å². The summed E-state index contributed by atoms with van der Waals surface area (Å²) in [6.45, 7) is 3.07. The van der Waals surface area contributed by atoms with Crippen molar-refractivity contribution in [1.82, 2.24) is 19.4 Å². The van der Waals surface area contributed by atoms with Gasteiger partial charge in [-0.3, -0.25) is 9.88 Å². The molecular weight excluding hydrogens is 348 g/mol. The molecule has 0 N–H and O–H groups in total. The molecule has 1 aliphatic heterocycles. The van der Waals surface area contributed by atoms with Crippen LogP contribution in [0.4, 0.5) is 0 Å². The molecule has 3 heterocycles. The zero-order valence-electron chi connectivity index (χ0n) is 16.7. The first kappa shape index (κ1) is 18.7. The SMILES string of the molecule is COc1ccccc1Cc1cccc([C@@H]2CCCN(Cc3nccn3C)C2)n1. The maximum atomic E-state index is 5.50. The molecule has 1 atom stereocenters. The minimum absolute atomic E-state index is 0.478. The molecule has 3 aromatic rings. The summed E-state index contributed by atoms with van der Waals surface area (Å²) < 4.78 is 7.60. The molecule has 5 nitrogen and oxygen atoms in total. The van der Waals surface area contributed by atoms with Gasteiger partial charge in [0, 0.05) is 55.3 Å². The van der Waals surface area contributed by atoms with Crippen LogP contribution in [-0.2, 0) is 20.0 Å². The predicted molar refractivity (Wildman–Crippen MR) is 110 cm³/mol. The van der Waals surface area contributed by atoms with Gasteiger partial charge in [0.05, 0.1) is 13.7 Å². The van der Waals surface area contributed by atoms with E-state index in [2.05, 4.69) is 51.8 Å². The van der Waals surface area contributed by atoms with E-state index < -0.39 is 0 Å². The number of aryl methyl sites for hydroxylation is 1. The molecule has 28 heavy (non-hydrogen) atoms. The van der Waals surface area contributed by atoms with Gasteiger partial charge in [0.25, 0.3) is 0 Å². The first-order valence-electron chi connectivity index (χ1n) is 9.99. The van der Waals surface area contributed by atoms with Gasteiger partial charge in [-0.1, -0.05) is 24.3 Å². The molecule has 1 saturated heterocycles. The van der Waals surface area contributed by atoms with Gasteiger partial charge in [-0.15, -0.1) is 0 Å². The van der Waals surface area contributed by atoms with Crippen molar-refractivity contribution in [1.29, 1.82) is 0 Å². The second-order valence-electron chi connectivity index (χ2n) is 7.57. The van der Waals surface area contributed by atoms with Crippen LogP contribution in [-0.4, -0.2) is 39.6 Å². The van der Waals surface area contributed by atoms with Crippen molar-refractivity contribution < 1.29 is 4.74 Å². The highest BCUT2D eigenvalue weighted by Crippen LogP contribution is 2.27. The minimum Gasteiger partial charge on any atom is -0.496 e. The number of methoxy groups -OCH3 is 1. The van der Waals surface area contributed by atoms with E-state index in [1.165, 1.54) is 24.1 Å². The van der Waals surface area contributed by atoms with Gasteiger partial charge >= 0.3 is 0 Å². The molecule has 2 aromatic heterocycles. The van der Waals surface area contributed by atoms with Gasteiger partial charge in [-0.2, -0.15) is 0 Å². The molecule has 5 heteroatoms. The lowest BCUT2D eigenvalue weighted by atomic mass is 9.94. The summed E-state index contributed by atoms with van der Waals surface area (Å²) >= 11 is 0. The van der Waals surface area contributed by atoms with Crippen molar-refractivity contribution in [2.45, 2.75) is 31.7 Å². The summed E-state index contributed by atoms with van der Waals surface area (Å²) in [4.78, 5) is 12.0. The summed E-state index contributed by atoms with van der Waals surface area (Å²) in [6, 6.07) is 14.6. The van der Waals surface area contributed by atoms with Crippen LogP contribution in [0.3, 0.4) is 0 Å². The van der Waals surface area contributed by atoms with E-state index in [9.17, 15) is 0 Å². The van der Waals surface area contributed by atoms with Crippen LogP contribution in [0.2, 0.25) is 0 Å². The van der Waals surface area contributed by atoms with E-state index in [1.54, 1.807) is 7.11 Å². The third-order valence-electron chi connectivity index (χ3n) is 5.60. The molecule has 0 aliphatic carbocycles. The topological polar surface area (TPSA) is 43.2 Å². The van der Waals surface area contributed by atoms with Gasteiger partial charge < -0.3 is 9.30 Å². The lowest BCUT2D eigenvalue weighted by Crippen LogP contribution is -2.35. The molecule has 0 saturated carbocycles. The molecule has 0 spiro atoms. The molecule has 146 valence electrons. The van der Waals surface area contributed by atoms with E-state index in [4.69, 9.17) is 9.72 Å². The second kappa shape index (κ2) is 8.57. The average Bonchev–Trinajstić information content (AvgIpc) is 3.13. The smallest absolute Gasteiger partial charge is 0.122 e. The van der Waals surface area contributed by atoms with Crippen LogP contribution in [0.1, 0.15) is 41.5 Å². The minimum atomic E-state index is 0.478. The van der Waals surface area contributed by atoms with Crippen molar-refractivity contribution in [2.24, 2.45) is 7.05 Å². The highest BCUT2D eigenvalue weighted by Gasteiger charge is 2.23. The Balaban J connectivity index is 1.47. The standard InChI is InChI=1S/C23H28N4O/c1-26-14-12-24-23(26)17-27-13-6-8-19(16-27)21-10-5-9-20(25-21)15-18-7-3-4-11-22(18)28-2/h3-5,7,9-12,14,19H,6,8,13,15-17H2,1-2H3/t19-/m1/s1. The number of nitrogens with zero attached hydrogens (tertiary/aromatic N) is 4. The molecule has 0 radical (unpaired) electrons. The van der Waals surface area contributed by atoms with E-state index in [1.807, 2.05) is 24.5 Å². The fraction of sp³-hybridized carbons (Fsp3) is 0.391. The number of piperidine rings is 1. The zero-order chi connectivity index (χ0) is 19.3. The van der Waals surface area contributed by atoms with Gasteiger partial charge in [-0.05, 0) is 37.6 Å². The van der Waals surface area contributed by atoms with Crippen LogP contribution < -0.4 is 4.74 Å². The van der Waals surface area contributed by atoms with E-state index >= 15 is 0 Å². The van der Waals surface area contributed by atoms with Crippen molar-refractivity contribution in [3.63, 3.8) is 0 Å². The number of imidazole rings is 1. The first-order chi connectivity index (χ1) is 13.7. The number of ether oxygens (including phenoxy) is 1. The monoisotopic (exact) mass is 376 g/mol. The Morgan fingerprint density at radius 1 is 1.14 bits per heavy atom. The van der Waals surface area contributed by atoms with Crippen LogP contribution in [0.15, 0.2) is 54.9 Å². The largest absolute Gasteiger partial charge is 0.496 e. The lowest BCUT2D eigenvalue weighted by Gasteiger charge is -2.32. The fourth-order valence-electron chi connectivity index (χ4n) is 4.06. The van der Waals surface area contributed by atoms with E-state index in [-0.39, 0.29) is 0 Å². The summed E-state index contributed by atoms with van der Waals surface area (Å²) in [6.07, 6.45) is 7.08. The number of para-hydroxylation sites is 1. The Hall–Kier alpha value is -2.66. The number of pyridine rings is 1. The highest BCUT2D eigenvalue weighted by molar-refractivity contribution is 5.36. The summed E-state index contributed by atoms with van der Waals surface area (Å²) in [5.41, 5.74) is 3.48. The van der Waals surface area contributed by atoms with Crippen molar-refractivity contribution in [2.75, 3.05) is 20.2 Å². The molecule has 1 aliphatic rings. The molecule has 1 aromatic carbocycles. The van der Waals surface area contributed by atoms with Gasteiger partial charge in [0.2, 0.25) is 0 Å². The maximum absolute atomic E-state index is 5.50. The Kier molecular flexibility index (Phi) is 5.72. The first-order valence-corrected chi connectivity index (χ1v) is 9.99. The number of aromatic nitrogens is 3. The number of rotatable bonds is 6. The fourth-order valence-corrected chi connectivity index (χ4v) is 4.06. The Morgan fingerprint density at radius 3 is 2.86 bits per heavy atom. The Morgan fingerprint density at radius 2 is 2.04 bits per heavy atom. The maximum Gasteiger partial charge on any atom is 0.122 e. The zero-order valence-corrected chi connectivity index (χ0v) is 16.7. The highest BCUT2D eigenvalue weighted by atomic mass is 16.5. The predicted octanol–water partition coefficient (Wildman–Crippen LogP) is 3.79. The van der Waals surface area contributed by atoms with Crippen molar-refractivity contribution in [3.05, 3.63) is 77.6 Å². The third kappa shape index (κ3) is 4.25. The van der Waals surface area contributed by atoms with E-state index in [0.29, 0.717) is 5.92 Å². The molecule has 1 fully saturated rings. The number of hydrogen-bond donors (Lipinski definition) is 0. The summed E-state index contributed by atoms with van der Waals surface area (Å²) in [7, 11) is 3.79. The summed E-state index contributed by atoms with van der Waals surface area (Å²) in [5, 5.41) is 0. The molecule has 0 amide bonds. The van der Waals surface area contributed by atoms with Gasteiger partial charge in [0.1, 0.15) is 11.6 Å². The van der Waals surface area contributed by atoms with Gasteiger partial charge in [0.15, 0.2) is 0 Å². The Bertz CT molecular complexity index is 920. The number of benzene rings is 1. The normalized spacial score (nSPS) is 17.6. The van der Waals surface area contributed by atoms with Crippen LogP contribution >= 0.6 is 0 Å². The summed E-state index contributed by atoms with van der Waals surface area (Å²) in [5.74, 6) is 2.53. The van der Waals surface area contributed by atoms with Crippen molar-refractivity contribution >= 4 is 0 Å². The average molecular weight is 377 g/mol. The quantitative estimate of drug-likeness (QED) is 0.656. The molecule has 0 bridgehead atoms. The molecule has 0 unspecified atom stereocenters. The van der Waals surface area contributed by atoms with Crippen LogP contribution in [0.25, 0.3) is 0 Å². The van der Waals surface area contributed by atoms with Gasteiger partial charge in [-0.25, -0.2) is 4.98 Å². The number of hydrogen-bond acceptors (Lipinski definition) is 4. The molecular formula is C23H28N4O. The van der Waals surface area contributed by atoms with E-state index in [0.717, 1.165) is 43.3 Å². The number of likely N-dealkylation sites (tertiary alicyclic amines) is 1. The third-order valence-corrected chi connectivity index (χ3v) is 5.60. The lowest BCUT2D eigenvalue weighted by molar-refractivity contribution is 0.192. The van der Waals surface area contributed by atoms with Crippen LogP contribution in [0, 0.1) is 0 Å². The van der Waals surface area contributed by atoms with Crippen LogP contribution in [0.5, 0.6) is 5.75 Å². The molecule has 4 rings (SSSR count). The Labute approximate surface area is 167 Å². The second-order valence-corrected chi connectivity index (χ2v) is 7.57.